The Morgan fingerprint density at radius 3 is 2.25 bits per heavy atom. The van der Waals surface area contributed by atoms with E-state index in [4.69, 9.17) is 5.11 Å². The summed E-state index contributed by atoms with van der Waals surface area (Å²) in [7, 11) is 0. The first-order chi connectivity index (χ1) is 5.70. The fraction of sp³-hybridized carbons (Fsp3) is 0.500. The predicted octanol–water partition coefficient (Wildman–Crippen LogP) is 2.76. The van der Waals surface area contributed by atoms with E-state index in [2.05, 4.69) is 0 Å². The Morgan fingerprint density at radius 1 is 1.33 bits per heavy atom. The monoisotopic (exact) mass is 168 g/mol. The molecule has 1 aliphatic rings. The lowest BCUT2D eigenvalue weighted by Gasteiger charge is -2.06. The van der Waals surface area contributed by atoms with Crippen LogP contribution in [0, 0.1) is 0 Å². The number of carbonyl (C=O) groups is 1. The van der Waals surface area contributed by atoms with E-state index in [9.17, 15) is 4.79 Å². The summed E-state index contributed by atoms with van der Waals surface area (Å²) < 4.78 is 0. The lowest BCUT2D eigenvalue weighted by molar-refractivity contribution is -0.132. The largest absolute Gasteiger partial charge is 0.478 e. The van der Waals surface area contributed by atoms with Gasteiger partial charge in [-0.15, -0.1) is 0 Å². The predicted molar refractivity (Wildman–Crippen MR) is 50.1 cm³/mol. The van der Waals surface area contributed by atoms with Crippen LogP contribution in [0.4, 0.5) is 0 Å². The van der Waals surface area contributed by atoms with Crippen molar-refractivity contribution in [3.63, 3.8) is 0 Å². The highest BCUT2D eigenvalue weighted by atomic mass is 16.4. The summed E-state index contributed by atoms with van der Waals surface area (Å²) in [4.78, 5) is 10.4. The molecule has 68 valence electrons. The van der Waals surface area contributed by atoms with Gasteiger partial charge in [-0.2, -0.15) is 0 Å². The molecule has 0 atom stereocenters. The van der Waals surface area contributed by atoms with Gasteiger partial charge in [0.2, 0.25) is 0 Å². The SMILES string of the molecule is CC.CC1=CC=C(C(=O)O)CC1. The summed E-state index contributed by atoms with van der Waals surface area (Å²) >= 11 is 0. The van der Waals surface area contributed by atoms with Crippen LogP contribution in [0.2, 0.25) is 0 Å². The molecule has 1 N–H and O–H groups in total. The lowest BCUT2D eigenvalue weighted by atomic mass is 10.00. The van der Waals surface area contributed by atoms with Gasteiger partial charge < -0.3 is 5.11 Å². The summed E-state index contributed by atoms with van der Waals surface area (Å²) in [5.74, 6) is -0.788. The average molecular weight is 168 g/mol. The molecule has 0 aromatic heterocycles. The first kappa shape index (κ1) is 11.0. The number of rotatable bonds is 1. The fourth-order valence-electron chi connectivity index (χ4n) is 0.920. The average Bonchev–Trinajstić information content (AvgIpc) is 2.09. The smallest absolute Gasteiger partial charge is 0.331 e. The second kappa shape index (κ2) is 5.58. The molecule has 0 saturated carbocycles. The zero-order valence-corrected chi connectivity index (χ0v) is 7.92. The third kappa shape index (κ3) is 3.37. The van der Waals surface area contributed by atoms with Crippen molar-refractivity contribution in [3.8, 4) is 0 Å². The Bertz CT molecular complexity index is 212. The van der Waals surface area contributed by atoms with Gasteiger partial charge in [0.05, 0.1) is 0 Å². The Morgan fingerprint density at radius 2 is 1.92 bits per heavy atom. The van der Waals surface area contributed by atoms with Crippen LogP contribution in [0.25, 0.3) is 0 Å². The van der Waals surface area contributed by atoms with Crippen molar-refractivity contribution >= 4 is 5.97 Å². The summed E-state index contributed by atoms with van der Waals surface area (Å²) in [6, 6.07) is 0. The van der Waals surface area contributed by atoms with Crippen LogP contribution in [-0.2, 0) is 4.79 Å². The minimum absolute atomic E-state index is 0.519. The molecule has 0 aliphatic heterocycles. The minimum Gasteiger partial charge on any atom is -0.478 e. The zero-order valence-electron chi connectivity index (χ0n) is 7.92. The second-order valence-electron chi connectivity index (χ2n) is 2.51. The first-order valence-corrected chi connectivity index (χ1v) is 4.30. The Hall–Kier alpha value is -1.05. The standard InChI is InChI=1S/C8H10O2.C2H6/c1-6-2-4-7(5-3-6)8(9)10;1-2/h2,4H,3,5H2,1H3,(H,9,10);1-2H3. The van der Waals surface area contributed by atoms with Crippen LogP contribution in [0.1, 0.15) is 33.6 Å². The van der Waals surface area contributed by atoms with Crippen LogP contribution < -0.4 is 0 Å². The molecule has 0 fully saturated rings. The maximum atomic E-state index is 10.4. The molecule has 0 radical (unpaired) electrons. The molecule has 12 heavy (non-hydrogen) atoms. The Labute approximate surface area is 73.6 Å². The molecule has 0 saturated heterocycles. The summed E-state index contributed by atoms with van der Waals surface area (Å²) in [6.07, 6.45) is 5.11. The van der Waals surface area contributed by atoms with Crippen molar-refractivity contribution in [2.45, 2.75) is 33.6 Å². The van der Waals surface area contributed by atoms with Crippen molar-refractivity contribution in [3.05, 3.63) is 23.3 Å². The van der Waals surface area contributed by atoms with Crippen molar-refractivity contribution in [1.82, 2.24) is 0 Å². The minimum atomic E-state index is -0.788. The number of carboxylic acid groups (broad SMARTS) is 1. The molecular weight excluding hydrogens is 152 g/mol. The maximum Gasteiger partial charge on any atom is 0.331 e. The van der Waals surface area contributed by atoms with Crippen molar-refractivity contribution in [2.24, 2.45) is 0 Å². The van der Waals surface area contributed by atoms with Gasteiger partial charge in [0.25, 0.3) is 0 Å². The molecule has 0 heterocycles. The Balaban J connectivity index is 0.000000561. The zero-order chi connectivity index (χ0) is 9.56. The number of aliphatic carboxylic acids is 1. The number of hydrogen-bond donors (Lipinski definition) is 1. The van der Waals surface area contributed by atoms with Gasteiger partial charge in [0.15, 0.2) is 0 Å². The maximum absolute atomic E-state index is 10.4. The first-order valence-electron chi connectivity index (χ1n) is 4.30. The van der Waals surface area contributed by atoms with E-state index in [1.54, 1.807) is 6.08 Å². The summed E-state index contributed by atoms with van der Waals surface area (Å²) in [5.41, 5.74) is 1.77. The van der Waals surface area contributed by atoms with Gasteiger partial charge >= 0.3 is 5.97 Å². The van der Waals surface area contributed by atoms with Gasteiger partial charge in [-0.05, 0) is 19.8 Å². The Kier molecular flexibility index (Phi) is 5.09. The van der Waals surface area contributed by atoms with Gasteiger partial charge in [0, 0.05) is 5.57 Å². The number of allylic oxidation sites excluding steroid dienone is 3. The van der Waals surface area contributed by atoms with Crippen LogP contribution in [-0.4, -0.2) is 11.1 Å². The third-order valence-corrected chi connectivity index (χ3v) is 1.63. The molecule has 0 aromatic carbocycles. The molecule has 0 bridgehead atoms. The van der Waals surface area contributed by atoms with E-state index in [0.29, 0.717) is 12.0 Å². The van der Waals surface area contributed by atoms with Crippen LogP contribution in [0.15, 0.2) is 23.3 Å². The van der Waals surface area contributed by atoms with Crippen molar-refractivity contribution in [2.75, 3.05) is 0 Å². The molecule has 0 aromatic rings. The van der Waals surface area contributed by atoms with Gasteiger partial charge in [-0.1, -0.05) is 31.6 Å². The summed E-state index contributed by atoms with van der Waals surface area (Å²) in [5, 5.41) is 8.53. The van der Waals surface area contributed by atoms with Crippen molar-refractivity contribution < 1.29 is 9.90 Å². The van der Waals surface area contributed by atoms with E-state index in [1.165, 1.54) is 5.57 Å². The van der Waals surface area contributed by atoms with E-state index in [-0.39, 0.29) is 0 Å². The molecule has 0 spiro atoms. The molecule has 0 unspecified atom stereocenters. The molecular formula is C10H16O2. The van der Waals surface area contributed by atoms with Crippen LogP contribution in [0.3, 0.4) is 0 Å². The molecule has 1 rings (SSSR count). The van der Waals surface area contributed by atoms with Crippen molar-refractivity contribution in [1.29, 1.82) is 0 Å². The van der Waals surface area contributed by atoms with Gasteiger partial charge in [-0.3, -0.25) is 0 Å². The number of carboxylic acids is 1. The van der Waals surface area contributed by atoms with E-state index in [0.717, 1.165) is 6.42 Å². The van der Waals surface area contributed by atoms with Crippen LogP contribution >= 0.6 is 0 Å². The van der Waals surface area contributed by atoms with E-state index < -0.39 is 5.97 Å². The normalized spacial score (nSPS) is 15.2. The van der Waals surface area contributed by atoms with Gasteiger partial charge in [-0.25, -0.2) is 4.79 Å². The van der Waals surface area contributed by atoms with E-state index in [1.807, 2.05) is 26.8 Å². The highest BCUT2D eigenvalue weighted by molar-refractivity contribution is 5.87. The second-order valence-corrected chi connectivity index (χ2v) is 2.51. The molecule has 1 aliphatic carbocycles. The molecule has 0 amide bonds. The molecule has 2 nitrogen and oxygen atoms in total. The third-order valence-electron chi connectivity index (χ3n) is 1.63. The number of hydrogen-bond acceptors (Lipinski definition) is 1. The molecule has 2 heteroatoms. The highest BCUT2D eigenvalue weighted by Gasteiger charge is 2.08. The quantitative estimate of drug-likeness (QED) is 0.653. The topological polar surface area (TPSA) is 37.3 Å². The lowest BCUT2D eigenvalue weighted by Crippen LogP contribution is -2.02. The van der Waals surface area contributed by atoms with Crippen LogP contribution in [0.5, 0.6) is 0 Å². The van der Waals surface area contributed by atoms with E-state index >= 15 is 0 Å². The van der Waals surface area contributed by atoms with Gasteiger partial charge in [0.1, 0.15) is 0 Å². The highest BCUT2D eigenvalue weighted by Crippen LogP contribution is 2.17. The summed E-state index contributed by atoms with van der Waals surface area (Å²) in [6.45, 7) is 6.01. The fourth-order valence-corrected chi connectivity index (χ4v) is 0.920.